The zero-order chi connectivity index (χ0) is 49.4. The third-order valence-electron chi connectivity index (χ3n) is 16.0. The highest BCUT2D eigenvalue weighted by atomic mass is 15.2. The summed E-state index contributed by atoms with van der Waals surface area (Å²) in [6.45, 7) is -0.279. The van der Waals surface area contributed by atoms with E-state index in [1.807, 2.05) is 24.3 Å². The van der Waals surface area contributed by atoms with Crippen molar-refractivity contribution in [2.75, 3.05) is 9.80 Å². The second-order valence-corrected chi connectivity index (χ2v) is 19.7. The van der Waals surface area contributed by atoms with E-state index >= 15 is 0 Å². The number of nitriles is 4. The molecule has 336 valence electrons. The van der Waals surface area contributed by atoms with Crippen LogP contribution in [0.15, 0.2) is 212 Å². The molecule has 0 saturated carbocycles. The Morgan fingerprint density at radius 3 is 1.14 bits per heavy atom. The van der Waals surface area contributed by atoms with E-state index in [2.05, 4.69) is 210 Å². The molecule has 2 heterocycles. The van der Waals surface area contributed by atoms with Crippen LogP contribution < -0.4 is 26.2 Å². The van der Waals surface area contributed by atoms with Crippen LogP contribution in [0.4, 0.5) is 34.1 Å². The summed E-state index contributed by atoms with van der Waals surface area (Å²) in [4.78, 5) is 4.48. The van der Waals surface area contributed by atoms with Gasteiger partial charge >= 0.3 is 0 Å². The Kier molecular flexibility index (Phi) is 8.54. The molecule has 0 amide bonds. The molecule has 0 unspecified atom stereocenters. The SMILES string of the molecule is N#Cc1cc(C#N)cc(N2c3cc4ccccc4cc3B3c4cc5ccccc5cc4N(c4cc(C#N)cc(C#N)c4)c4cc(-c5ccc6c(c5)-c5ccccc5C65c6ccccc6-c6ccccc65)cc2c43)c1. The van der Waals surface area contributed by atoms with Gasteiger partial charge in [0.1, 0.15) is 0 Å². The molecule has 11 aromatic carbocycles. The van der Waals surface area contributed by atoms with E-state index in [9.17, 15) is 21.0 Å². The summed E-state index contributed by atoms with van der Waals surface area (Å²) in [7, 11) is 0. The Labute approximate surface area is 427 Å². The Bertz CT molecular complexity index is 4240. The summed E-state index contributed by atoms with van der Waals surface area (Å²) in [5, 5.41) is 46.2. The van der Waals surface area contributed by atoms with Gasteiger partial charge in [0.15, 0.2) is 0 Å². The normalized spacial score (nSPS) is 13.4. The van der Waals surface area contributed by atoms with Crippen molar-refractivity contribution in [3.63, 3.8) is 0 Å². The molecule has 6 nitrogen and oxygen atoms in total. The third-order valence-corrected chi connectivity index (χ3v) is 16.0. The van der Waals surface area contributed by atoms with E-state index < -0.39 is 5.41 Å². The van der Waals surface area contributed by atoms with Crippen molar-refractivity contribution in [3.8, 4) is 57.7 Å². The lowest BCUT2D eigenvalue weighted by atomic mass is 9.33. The zero-order valence-electron chi connectivity index (χ0n) is 39.5. The number of rotatable bonds is 3. The van der Waals surface area contributed by atoms with E-state index in [-0.39, 0.29) is 6.71 Å². The second-order valence-electron chi connectivity index (χ2n) is 19.7. The van der Waals surface area contributed by atoms with Gasteiger partial charge in [-0.15, -0.1) is 0 Å². The summed E-state index contributed by atoms with van der Waals surface area (Å²) in [5.74, 6) is 0. The largest absolute Gasteiger partial charge is 0.311 e. The first kappa shape index (κ1) is 41.4. The number of fused-ring (bicyclic) bond motifs is 16. The Hall–Kier alpha value is -10.4. The van der Waals surface area contributed by atoms with Gasteiger partial charge in [-0.3, -0.25) is 0 Å². The van der Waals surface area contributed by atoms with Crippen molar-refractivity contribution in [3.05, 3.63) is 257 Å². The molecule has 15 rings (SSSR count). The van der Waals surface area contributed by atoms with Crippen LogP contribution in [-0.2, 0) is 5.41 Å². The number of hydrogen-bond acceptors (Lipinski definition) is 6. The van der Waals surface area contributed by atoms with Crippen molar-refractivity contribution < 1.29 is 0 Å². The lowest BCUT2D eigenvalue weighted by Gasteiger charge is -2.44. The minimum absolute atomic E-state index is 0.279. The van der Waals surface area contributed by atoms with Gasteiger partial charge < -0.3 is 9.80 Å². The first-order valence-corrected chi connectivity index (χ1v) is 24.7. The zero-order valence-corrected chi connectivity index (χ0v) is 39.5. The van der Waals surface area contributed by atoms with E-state index in [0.29, 0.717) is 33.6 Å². The maximum absolute atomic E-state index is 10.5. The molecule has 74 heavy (non-hydrogen) atoms. The van der Waals surface area contributed by atoms with Crippen LogP contribution in [0.5, 0.6) is 0 Å². The molecular weight excluding hydrogens is 900 g/mol. The van der Waals surface area contributed by atoms with Crippen LogP contribution in [0, 0.1) is 45.3 Å². The Morgan fingerprint density at radius 1 is 0.324 bits per heavy atom. The van der Waals surface area contributed by atoms with E-state index in [0.717, 1.165) is 77.4 Å². The van der Waals surface area contributed by atoms with Crippen molar-refractivity contribution >= 4 is 78.8 Å². The summed E-state index contributed by atoms with van der Waals surface area (Å²) in [6.07, 6.45) is 0. The molecule has 2 aliphatic carbocycles. The minimum atomic E-state index is -0.506. The van der Waals surface area contributed by atoms with Gasteiger partial charge in [0.05, 0.1) is 51.9 Å². The van der Waals surface area contributed by atoms with E-state index in [1.54, 1.807) is 12.1 Å². The van der Waals surface area contributed by atoms with Crippen LogP contribution >= 0.6 is 0 Å². The fourth-order valence-electron chi connectivity index (χ4n) is 13.1. The molecule has 2 aliphatic heterocycles. The number of nitrogens with zero attached hydrogens (tertiary/aromatic N) is 6. The molecule has 0 saturated heterocycles. The van der Waals surface area contributed by atoms with Crippen molar-refractivity contribution in [2.24, 2.45) is 0 Å². The minimum Gasteiger partial charge on any atom is -0.311 e. The highest BCUT2D eigenvalue weighted by Crippen LogP contribution is 2.63. The molecule has 4 aliphatic rings. The standard InChI is InChI=1S/C67H35BN6/c69-36-40-23-41(37-70)26-50(25-40)73-62-32-46-13-3-1-11-44(46)30-60(62)68-61-31-45-12-2-4-14-47(45)33-63(61)74(51-27-42(38-71)24-43(28-51)39-72)65-35-49(34-64(73)66(65)68)48-21-22-59-55(29-48)54-17-7-10-20-58(54)67(59)56-18-8-5-15-52(56)53-16-6-9-19-57(53)67/h1-35H. The summed E-state index contributed by atoms with van der Waals surface area (Å²) in [6, 6.07) is 84.1. The first-order valence-electron chi connectivity index (χ1n) is 24.7. The fraction of sp³-hybridized carbons (Fsp3) is 0.0149. The average molecular weight is 935 g/mol. The molecule has 11 aromatic rings. The van der Waals surface area contributed by atoms with Crippen LogP contribution in [0.25, 0.3) is 54.9 Å². The van der Waals surface area contributed by atoms with Crippen molar-refractivity contribution in [1.29, 1.82) is 21.0 Å². The monoisotopic (exact) mass is 934 g/mol. The van der Waals surface area contributed by atoms with Gasteiger partial charge in [-0.2, -0.15) is 21.0 Å². The van der Waals surface area contributed by atoms with Crippen LogP contribution in [0.3, 0.4) is 0 Å². The van der Waals surface area contributed by atoms with E-state index in [4.69, 9.17) is 0 Å². The summed E-state index contributed by atoms with van der Waals surface area (Å²) < 4.78 is 0. The fourth-order valence-corrected chi connectivity index (χ4v) is 13.1. The highest BCUT2D eigenvalue weighted by Gasteiger charge is 2.52. The molecule has 0 radical (unpaired) electrons. The Balaban J connectivity index is 1.07. The molecular formula is C67H35BN6. The maximum Gasteiger partial charge on any atom is 0.252 e. The molecule has 0 atom stereocenters. The van der Waals surface area contributed by atoms with Gasteiger partial charge in [0, 0.05) is 34.1 Å². The number of anilines is 6. The van der Waals surface area contributed by atoms with Gasteiger partial charge in [-0.25, -0.2) is 0 Å². The quantitative estimate of drug-likeness (QED) is 0.164. The van der Waals surface area contributed by atoms with Gasteiger partial charge in [-0.1, -0.05) is 146 Å². The molecule has 0 fully saturated rings. The van der Waals surface area contributed by atoms with Gasteiger partial charge in [0.25, 0.3) is 6.71 Å². The predicted octanol–water partition coefficient (Wildman–Crippen LogP) is 13.6. The molecule has 7 heteroatoms. The summed E-state index contributed by atoms with van der Waals surface area (Å²) in [5.41, 5.74) is 21.1. The van der Waals surface area contributed by atoms with Crippen molar-refractivity contribution in [2.45, 2.75) is 5.41 Å². The molecule has 1 spiro atoms. The molecule has 0 N–H and O–H groups in total. The number of benzene rings is 11. The smallest absolute Gasteiger partial charge is 0.252 e. The first-order chi connectivity index (χ1) is 36.5. The Morgan fingerprint density at radius 2 is 0.703 bits per heavy atom. The van der Waals surface area contributed by atoms with Gasteiger partial charge in [-0.05, 0) is 160 Å². The average Bonchev–Trinajstić information content (AvgIpc) is 3.93. The van der Waals surface area contributed by atoms with Crippen LogP contribution in [0.2, 0.25) is 0 Å². The van der Waals surface area contributed by atoms with Crippen LogP contribution in [-0.4, -0.2) is 6.71 Å². The maximum atomic E-state index is 10.5. The topological polar surface area (TPSA) is 102 Å². The lowest BCUT2D eigenvalue weighted by molar-refractivity contribution is 0.794. The summed E-state index contributed by atoms with van der Waals surface area (Å²) >= 11 is 0. The highest BCUT2D eigenvalue weighted by molar-refractivity contribution is 7.00. The van der Waals surface area contributed by atoms with E-state index in [1.165, 1.54) is 38.9 Å². The third kappa shape index (κ3) is 5.56. The predicted molar refractivity (Wildman–Crippen MR) is 296 cm³/mol. The van der Waals surface area contributed by atoms with Crippen molar-refractivity contribution in [1.82, 2.24) is 0 Å². The lowest BCUT2D eigenvalue weighted by Crippen LogP contribution is -2.61. The molecule has 0 aromatic heterocycles. The van der Waals surface area contributed by atoms with Crippen LogP contribution in [0.1, 0.15) is 44.5 Å². The van der Waals surface area contributed by atoms with Gasteiger partial charge in [0.2, 0.25) is 0 Å². The second kappa shape index (κ2) is 15.3. The molecule has 0 bridgehead atoms. The number of hydrogen-bond donors (Lipinski definition) is 0.